The van der Waals surface area contributed by atoms with Crippen LogP contribution in [-0.2, 0) is 6.54 Å². The molecule has 6 nitrogen and oxygen atoms in total. The number of rotatable bonds is 3. The van der Waals surface area contributed by atoms with Gasteiger partial charge in [-0.25, -0.2) is 0 Å². The van der Waals surface area contributed by atoms with Crippen LogP contribution >= 0.6 is 0 Å². The fourth-order valence-electron chi connectivity index (χ4n) is 1.43. The molecule has 2 aromatic rings. The van der Waals surface area contributed by atoms with Crippen molar-refractivity contribution in [2.45, 2.75) is 20.4 Å². The minimum absolute atomic E-state index is 0.0954. The summed E-state index contributed by atoms with van der Waals surface area (Å²) >= 11 is 0. The van der Waals surface area contributed by atoms with Crippen molar-refractivity contribution >= 4 is 5.91 Å². The number of hydrogen-bond acceptors (Lipinski definition) is 5. The van der Waals surface area contributed by atoms with Gasteiger partial charge in [0, 0.05) is 12.5 Å². The van der Waals surface area contributed by atoms with Crippen molar-refractivity contribution in [1.82, 2.24) is 15.5 Å². The lowest BCUT2D eigenvalue weighted by Crippen LogP contribution is -2.23. The number of nitrogens with one attached hydrogen (secondary N) is 1. The number of aryl methyl sites for hydroxylation is 2. The second kappa shape index (κ2) is 4.87. The van der Waals surface area contributed by atoms with E-state index >= 15 is 0 Å². The van der Waals surface area contributed by atoms with Crippen LogP contribution in [-0.4, -0.2) is 21.2 Å². The highest BCUT2D eigenvalue weighted by Gasteiger charge is 2.09. The molecule has 0 saturated carbocycles. The van der Waals surface area contributed by atoms with Crippen LogP contribution in [0.4, 0.5) is 0 Å². The summed E-state index contributed by atoms with van der Waals surface area (Å²) in [5, 5.41) is 15.8. The van der Waals surface area contributed by atoms with Crippen LogP contribution in [0.1, 0.15) is 27.6 Å². The normalized spacial score (nSPS) is 10.3. The monoisotopic (exact) mass is 247 g/mol. The Kier molecular flexibility index (Phi) is 3.27. The summed E-state index contributed by atoms with van der Waals surface area (Å²) < 4.78 is 4.78. The van der Waals surface area contributed by atoms with E-state index in [-0.39, 0.29) is 18.2 Å². The molecule has 0 aliphatic heterocycles. The first-order chi connectivity index (χ1) is 8.56. The molecule has 0 saturated heterocycles. The Morgan fingerprint density at radius 1 is 1.44 bits per heavy atom. The van der Waals surface area contributed by atoms with Gasteiger partial charge in [-0.2, -0.15) is 4.98 Å². The van der Waals surface area contributed by atoms with Gasteiger partial charge in [-0.05, 0) is 24.6 Å². The maximum Gasteiger partial charge on any atom is 0.251 e. The first-order valence-electron chi connectivity index (χ1n) is 5.43. The number of amides is 1. The lowest BCUT2D eigenvalue weighted by molar-refractivity contribution is 0.0949. The van der Waals surface area contributed by atoms with Crippen molar-refractivity contribution in [1.29, 1.82) is 0 Å². The Morgan fingerprint density at radius 2 is 2.22 bits per heavy atom. The number of aromatic nitrogens is 2. The molecule has 6 heteroatoms. The Morgan fingerprint density at radius 3 is 2.83 bits per heavy atom. The second-order valence-electron chi connectivity index (χ2n) is 3.91. The van der Waals surface area contributed by atoms with Crippen molar-refractivity contribution in [3.05, 3.63) is 41.0 Å². The van der Waals surface area contributed by atoms with Crippen LogP contribution in [0.25, 0.3) is 0 Å². The Bertz CT molecular complexity index is 578. The van der Waals surface area contributed by atoms with E-state index in [1.807, 2.05) is 0 Å². The fraction of sp³-hybridized carbons (Fsp3) is 0.250. The summed E-state index contributed by atoms with van der Waals surface area (Å²) in [6.45, 7) is 3.63. The average molecular weight is 247 g/mol. The average Bonchev–Trinajstić information content (AvgIpc) is 2.75. The molecule has 0 atom stereocenters. The van der Waals surface area contributed by atoms with Crippen LogP contribution in [0.2, 0.25) is 0 Å². The molecule has 0 aliphatic rings. The molecular formula is C12H13N3O3. The number of carbonyl (C=O) groups is 1. The van der Waals surface area contributed by atoms with Crippen molar-refractivity contribution in [2.75, 3.05) is 0 Å². The quantitative estimate of drug-likeness (QED) is 0.854. The first kappa shape index (κ1) is 12.1. The van der Waals surface area contributed by atoms with E-state index in [2.05, 4.69) is 15.5 Å². The van der Waals surface area contributed by atoms with E-state index in [4.69, 9.17) is 4.52 Å². The van der Waals surface area contributed by atoms with Crippen LogP contribution in [0.15, 0.2) is 22.7 Å². The van der Waals surface area contributed by atoms with E-state index in [1.165, 1.54) is 6.07 Å². The summed E-state index contributed by atoms with van der Waals surface area (Å²) in [4.78, 5) is 15.7. The highest BCUT2D eigenvalue weighted by molar-refractivity contribution is 5.94. The van der Waals surface area contributed by atoms with E-state index in [0.717, 1.165) is 5.56 Å². The van der Waals surface area contributed by atoms with Crippen molar-refractivity contribution in [3.8, 4) is 5.75 Å². The minimum atomic E-state index is -0.298. The van der Waals surface area contributed by atoms with Gasteiger partial charge in [-0.15, -0.1) is 0 Å². The molecule has 0 fully saturated rings. The largest absolute Gasteiger partial charge is 0.508 e. The number of aromatic hydroxyl groups is 1. The number of benzene rings is 1. The van der Waals surface area contributed by atoms with Gasteiger partial charge < -0.3 is 14.9 Å². The van der Waals surface area contributed by atoms with E-state index in [1.54, 1.807) is 26.0 Å². The number of phenols is 1. The smallest absolute Gasteiger partial charge is 0.251 e. The summed E-state index contributed by atoms with van der Waals surface area (Å²) in [7, 11) is 0. The molecule has 1 aromatic heterocycles. The molecule has 0 bridgehead atoms. The molecule has 0 aliphatic carbocycles. The third-order valence-corrected chi connectivity index (χ3v) is 2.45. The highest BCUT2D eigenvalue weighted by atomic mass is 16.5. The predicted octanol–water partition coefficient (Wildman–Crippen LogP) is 1.32. The molecule has 0 spiro atoms. The minimum Gasteiger partial charge on any atom is -0.508 e. The SMILES string of the molecule is Cc1nc(CNC(=O)c2ccc(C)c(O)c2)no1. The van der Waals surface area contributed by atoms with Gasteiger partial charge in [0.25, 0.3) is 5.91 Å². The highest BCUT2D eigenvalue weighted by Crippen LogP contribution is 2.17. The van der Waals surface area contributed by atoms with E-state index in [0.29, 0.717) is 17.3 Å². The van der Waals surface area contributed by atoms with E-state index < -0.39 is 0 Å². The zero-order chi connectivity index (χ0) is 13.1. The van der Waals surface area contributed by atoms with Crippen LogP contribution in [0.5, 0.6) is 5.75 Å². The molecule has 0 radical (unpaired) electrons. The van der Waals surface area contributed by atoms with Gasteiger partial charge in [0.15, 0.2) is 5.82 Å². The molecule has 0 unspecified atom stereocenters. The van der Waals surface area contributed by atoms with Gasteiger partial charge in [0.05, 0.1) is 6.54 Å². The Labute approximate surface area is 104 Å². The first-order valence-corrected chi connectivity index (χ1v) is 5.43. The molecule has 1 heterocycles. The number of hydrogen-bond donors (Lipinski definition) is 2. The fourth-order valence-corrected chi connectivity index (χ4v) is 1.43. The maximum absolute atomic E-state index is 11.8. The second-order valence-corrected chi connectivity index (χ2v) is 3.91. The number of carbonyl (C=O) groups excluding carboxylic acids is 1. The van der Waals surface area contributed by atoms with Gasteiger partial charge in [-0.1, -0.05) is 11.2 Å². The zero-order valence-corrected chi connectivity index (χ0v) is 10.1. The molecule has 18 heavy (non-hydrogen) atoms. The van der Waals surface area contributed by atoms with Crippen LogP contribution in [0, 0.1) is 13.8 Å². The molecule has 1 amide bonds. The van der Waals surface area contributed by atoms with Crippen molar-refractivity contribution < 1.29 is 14.4 Å². The standard InChI is InChI=1S/C12H13N3O3/c1-7-3-4-9(5-10(7)16)12(17)13-6-11-14-8(2)18-15-11/h3-5,16H,6H2,1-2H3,(H,13,17). The van der Waals surface area contributed by atoms with Gasteiger partial charge in [0.2, 0.25) is 5.89 Å². The van der Waals surface area contributed by atoms with Gasteiger partial charge in [0.1, 0.15) is 5.75 Å². The van der Waals surface area contributed by atoms with Crippen LogP contribution in [0.3, 0.4) is 0 Å². The topological polar surface area (TPSA) is 88.2 Å². The number of phenolic OH excluding ortho intramolecular Hbond substituents is 1. The van der Waals surface area contributed by atoms with Crippen molar-refractivity contribution in [3.63, 3.8) is 0 Å². The molecule has 1 aromatic carbocycles. The van der Waals surface area contributed by atoms with Crippen LogP contribution < -0.4 is 5.32 Å². The predicted molar refractivity (Wildman–Crippen MR) is 63.0 cm³/mol. The molecule has 2 N–H and O–H groups in total. The summed E-state index contributed by atoms with van der Waals surface area (Å²) in [6.07, 6.45) is 0. The van der Waals surface area contributed by atoms with Crippen molar-refractivity contribution in [2.24, 2.45) is 0 Å². The van der Waals surface area contributed by atoms with E-state index in [9.17, 15) is 9.90 Å². The zero-order valence-electron chi connectivity index (χ0n) is 10.1. The maximum atomic E-state index is 11.8. The third-order valence-electron chi connectivity index (χ3n) is 2.45. The molecule has 94 valence electrons. The Hall–Kier alpha value is -2.37. The summed E-state index contributed by atoms with van der Waals surface area (Å²) in [6, 6.07) is 4.75. The lowest BCUT2D eigenvalue weighted by Gasteiger charge is -2.04. The number of nitrogens with zero attached hydrogens (tertiary/aromatic N) is 2. The summed E-state index contributed by atoms with van der Waals surface area (Å²) in [5.41, 5.74) is 1.11. The summed E-state index contributed by atoms with van der Waals surface area (Å²) in [5.74, 6) is 0.662. The molecule has 2 rings (SSSR count). The Balaban J connectivity index is 2.01. The lowest BCUT2D eigenvalue weighted by atomic mass is 10.1. The molecular weight excluding hydrogens is 234 g/mol. The third kappa shape index (κ3) is 2.65. The van der Waals surface area contributed by atoms with Gasteiger partial charge >= 0.3 is 0 Å². The van der Waals surface area contributed by atoms with Gasteiger partial charge in [-0.3, -0.25) is 4.79 Å².